The minimum atomic E-state index is -0.246. The summed E-state index contributed by atoms with van der Waals surface area (Å²) in [6.07, 6.45) is 2.19. The summed E-state index contributed by atoms with van der Waals surface area (Å²) in [6.45, 7) is 1.49. The van der Waals surface area contributed by atoms with E-state index in [0.29, 0.717) is 28.1 Å². The highest BCUT2D eigenvalue weighted by atomic mass is 35.5. The Morgan fingerprint density at radius 1 is 1.21 bits per heavy atom. The second-order valence-corrected chi connectivity index (χ2v) is 6.24. The molecule has 0 spiro atoms. The van der Waals surface area contributed by atoms with Crippen LogP contribution < -0.4 is 10.6 Å². The molecule has 0 atom stereocenters. The molecule has 0 aliphatic rings. The average Bonchev–Trinajstić information content (AvgIpc) is 2.55. The number of amides is 1. The minimum Gasteiger partial charge on any atom is -0.351 e. The maximum absolute atomic E-state index is 12.1. The number of halogens is 2. The van der Waals surface area contributed by atoms with Gasteiger partial charge in [0.05, 0.1) is 15.7 Å². The second kappa shape index (κ2) is 8.82. The van der Waals surface area contributed by atoms with Crippen LogP contribution in [0.2, 0.25) is 10.0 Å². The van der Waals surface area contributed by atoms with Crippen molar-refractivity contribution in [2.24, 2.45) is 0 Å². The zero-order valence-corrected chi connectivity index (χ0v) is 15.0. The van der Waals surface area contributed by atoms with Gasteiger partial charge in [-0.15, -0.1) is 0 Å². The standard InChI is InChI=1S/C16H19Cl2N5O/c1-23(2)8-4-7-19-16(24)13-9-14(21-10-20-13)22-15-11(17)5-3-6-12(15)18/h3,5-6,9-10H,4,7-8H2,1-2H3,(H,19,24)(H,20,21,22). The Balaban J connectivity index is 2.02. The predicted octanol–water partition coefficient (Wildman–Crippen LogP) is 3.21. The normalized spacial score (nSPS) is 10.7. The molecule has 24 heavy (non-hydrogen) atoms. The molecule has 128 valence electrons. The van der Waals surface area contributed by atoms with Crippen LogP contribution in [0.3, 0.4) is 0 Å². The highest BCUT2D eigenvalue weighted by Gasteiger charge is 2.11. The molecule has 1 aromatic carbocycles. The summed E-state index contributed by atoms with van der Waals surface area (Å²) in [6, 6.07) is 6.74. The smallest absolute Gasteiger partial charge is 0.270 e. The summed E-state index contributed by atoms with van der Waals surface area (Å²) < 4.78 is 0. The highest BCUT2D eigenvalue weighted by molar-refractivity contribution is 6.39. The lowest BCUT2D eigenvalue weighted by atomic mass is 10.3. The molecule has 0 radical (unpaired) electrons. The Morgan fingerprint density at radius 2 is 1.92 bits per heavy atom. The Morgan fingerprint density at radius 3 is 2.58 bits per heavy atom. The fourth-order valence-electron chi connectivity index (χ4n) is 1.98. The molecular weight excluding hydrogens is 349 g/mol. The van der Waals surface area contributed by atoms with Crippen LogP contribution in [0.25, 0.3) is 0 Å². The van der Waals surface area contributed by atoms with Crippen LogP contribution in [-0.4, -0.2) is 48.0 Å². The predicted molar refractivity (Wildman–Crippen MR) is 97.3 cm³/mol. The van der Waals surface area contributed by atoms with Crippen molar-refractivity contribution in [1.82, 2.24) is 20.2 Å². The first-order valence-corrected chi connectivity index (χ1v) is 8.19. The number of carbonyl (C=O) groups excluding carboxylic acids is 1. The van der Waals surface area contributed by atoms with Gasteiger partial charge in [-0.1, -0.05) is 29.3 Å². The lowest BCUT2D eigenvalue weighted by molar-refractivity contribution is 0.0947. The SMILES string of the molecule is CN(C)CCCNC(=O)c1cc(Nc2c(Cl)cccc2Cl)ncn1. The van der Waals surface area contributed by atoms with Crippen LogP contribution in [0.4, 0.5) is 11.5 Å². The van der Waals surface area contributed by atoms with Gasteiger partial charge >= 0.3 is 0 Å². The van der Waals surface area contributed by atoms with Gasteiger partial charge in [-0.2, -0.15) is 0 Å². The first-order valence-electron chi connectivity index (χ1n) is 7.43. The zero-order chi connectivity index (χ0) is 17.5. The monoisotopic (exact) mass is 367 g/mol. The van der Waals surface area contributed by atoms with Crippen molar-refractivity contribution in [1.29, 1.82) is 0 Å². The van der Waals surface area contributed by atoms with Gasteiger partial charge in [0.1, 0.15) is 17.8 Å². The molecular formula is C16H19Cl2N5O. The molecule has 1 heterocycles. The number of aromatic nitrogens is 2. The number of carbonyl (C=O) groups is 1. The molecule has 0 aliphatic heterocycles. The van der Waals surface area contributed by atoms with E-state index >= 15 is 0 Å². The van der Waals surface area contributed by atoms with Crippen molar-refractivity contribution in [2.45, 2.75) is 6.42 Å². The quantitative estimate of drug-likeness (QED) is 0.735. The van der Waals surface area contributed by atoms with Crippen LogP contribution in [0.1, 0.15) is 16.9 Å². The first kappa shape index (κ1) is 18.4. The summed E-state index contributed by atoms with van der Waals surface area (Å²) in [5.41, 5.74) is 0.817. The summed E-state index contributed by atoms with van der Waals surface area (Å²) in [4.78, 5) is 22.3. The first-order chi connectivity index (χ1) is 11.5. The summed E-state index contributed by atoms with van der Waals surface area (Å²) >= 11 is 12.2. The number of para-hydroxylation sites is 1. The van der Waals surface area contributed by atoms with Gasteiger partial charge in [-0.3, -0.25) is 4.79 Å². The molecule has 0 saturated carbocycles. The Hall–Kier alpha value is -1.89. The molecule has 0 aliphatic carbocycles. The van der Waals surface area contributed by atoms with E-state index in [4.69, 9.17) is 23.2 Å². The van der Waals surface area contributed by atoms with E-state index in [1.807, 2.05) is 14.1 Å². The van der Waals surface area contributed by atoms with E-state index in [-0.39, 0.29) is 11.6 Å². The number of nitrogens with zero attached hydrogens (tertiary/aromatic N) is 3. The summed E-state index contributed by atoms with van der Waals surface area (Å²) in [5, 5.41) is 6.79. The van der Waals surface area contributed by atoms with Gasteiger partial charge in [0.2, 0.25) is 0 Å². The van der Waals surface area contributed by atoms with E-state index < -0.39 is 0 Å². The van der Waals surface area contributed by atoms with E-state index in [2.05, 4.69) is 25.5 Å². The Bertz CT molecular complexity index is 688. The number of anilines is 2. The van der Waals surface area contributed by atoms with Gasteiger partial charge in [0.25, 0.3) is 5.91 Å². The molecule has 1 aromatic heterocycles. The third-order valence-corrected chi connectivity index (χ3v) is 3.81. The van der Waals surface area contributed by atoms with Gasteiger partial charge < -0.3 is 15.5 Å². The molecule has 2 N–H and O–H groups in total. The van der Waals surface area contributed by atoms with E-state index in [9.17, 15) is 4.79 Å². The lowest BCUT2D eigenvalue weighted by Crippen LogP contribution is -2.27. The fraction of sp³-hybridized carbons (Fsp3) is 0.312. The number of rotatable bonds is 7. The van der Waals surface area contributed by atoms with Gasteiger partial charge in [0.15, 0.2) is 0 Å². The van der Waals surface area contributed by atoms with Crippen molar-refractivity contribution >= 4 is 40.6 Å². The maximum Gasteiger partial charge on any atom is 0.270 e. The molecule has 1 amide bonds. The lowest BCUT2D eigenvalue weighted by Gasteiger charge is -2.11. The number of nitrogens with one attached hydrogen (secondary N) is 2. The van der Waals surface area contributed by atoms with Gasteiger partial charge in [-0.05, 0) is 39.2 Å². The van der Waals surface area contributed by atoms with Crippen molar-refractivity contribution in [2.75, 3.05) is 32.5 Å². The molecule has 0 bridgehead atoms. The van der Waals surface area contributed by atoms with Crippen LogP contribution in [0, 0.1) is 0 Å². The van der Waals surface area contributed by atoms with Crippen molar-refractivity contribution in [3.05, 3.63) is 46.3 Å². The average molecular weight is 368 g/mol. The van der Waals surface area contributed by atoms with Crippen molar-refractivity contribution in [3.8, 4) is 0 Å². The van der Waals surface area contributed by atoms with Gasteiger partial charge in [-0.25, -0.2) is 9.97 Å². The second-order valence-electron chi connectivity index (χ2n) is 5.42. The minimum absolute atomic E-state index is 0.246. The number of benzene rings is 1. The molecule has 0 unspecified atom stereocenters. The molecule has 2 aromatic rings. The van der Waals surface area contributed by atoms with Crippen molar-refractivity contribution in [3.63, 3.8) is 0 Å². The van der Waals surface area contributed by atoms with E-state index in [1.54, 1.807) is 24.3 Å². The molecule has 0 saturated heterocycles. The molecule has 8 heteroatoms. The third kappa shape index (κ3) is 5.33. The topological polar surface area (TPSA) is 70.2 Å². The fourth-order valence-corrected chi connectivity index (χ4v) is 2.47. The van der Waals surface area contributed by atoms with E-state index in [1.165, 1.54) is 6.33 Å². The van der Waals surface area contributed by atoms with Crippen LogP contribution >= 0.6 is 23.2 Å². The highest BCUT2D eigenvalue weighted by Crippen LogP contribution is 2.31. The summed E-state index contributed by atoms with van der Waals surface area (Å²) in [5.74, 6) is 0.197. The largest absolute Gasteiger partial charge is 0.351 e. The molecule has 6 nitrogen and oxygen atoms in total. The zero-order valence-electron chi connectivity index (χ0n) is 13.5. The Labute approximate surface area is 151 Å². The van der Waals surface area contributed by atoms with Crippen LogP contribution in [0.15, 0.2) is 30.6 Å². The summed E-state index contributed by atoms with van der Waals surface area (Å²) in [7, 11) is 3.98. The number of hydrogen-bond acceptors (Lipinski definition) is 5. The van der Waals surface area contributed by atoms with Crippen molar-refractivity contribution < 1.29 is 4.79 Å². The third-order valence-electron chi connectivity index (χ3n) is 3.18. The molecule has 2 rings (SSSR count). The Kier molecular flexibility index (Phi) is 6.78. The van der Waals surface area contributed by atoms with Crippen LogP contribution in [0.5, 0.6) is 0 Å². The number of hydrogen-bond donors (Lipinski definition) is 2. The molecule has 0 fully saturated rings. The van der Waals surface area contributed by atoms with E-state index in [0.717, 1.165) is 13.0 Å². The van der Waals surface area contributed by atoms with Gasteiger partial charge in [0, 0.05) is 12.6 Å². The van der Waals surface area contributed by atoms with Crippen LogP contribution in [-0.2, 0) is 0 Å². The maximum atomic E-state index is 12.1.